The number of anilines is 2. The molecule has 1 aromatic heterocycles. The molecule has 30 heavy (non-hydrogen) atoms. The molecular formula is C20H17BrN2O6S. The van der Waals surface area contributed by atoms with Crippen molar-refractivity contribution in [3.05, 3.63) is 44.2 Å². The molecule has 1 aliphatic heterocycles. The molecule has 2 heterocycles. The predicted octanol–water partition coefficient (Wildman–Crippen LogP) is 3.37. The minimum Gasteiger partial charge on any atom is -0.462 e. The van der Waals surface area contributed by atoms with Gasteiger partial charge in [0.05, 0.1) is 28.3 Å². The summed E-state index contributed by atoms with van der Waals surface area (Å²) in [6.07, 6.45) is 0. The number of thiophene rings is 1. The molecule has 0 fully saturated rings. The van der Waals surface area contributed by atoms with Gasteiger partial charge in [-0.15, -0.1) is 11.3 Å². The zero-order valence-electron chi connectivity index (χ0n) is 16.3. The number of fused-ring (bicyclic) bond motifs is 1. The summed E-state index contributed by atoms with van der Waals surface area (Å²) in [5.74, 6) is -3.03. The summed E-state index contributed by atoms with van der Waals surface area (Å²) in [6, 6.07) is 4.76. The number of nitrogens with zero attached hydrogens (tertiary/aromatic N) is 1. The molecule has 0 atom stereocenters. The lowest BCUT2D eigenvalue weighted by atomic mass is 10.1. The largest absolute Gasteiger partial charge is 0.462 e. The number of nitrogens with one attached hydrogen (secondary N) is 1. The summed E-state index contributed by atoms with van der Waals surface area (Å²) in [5.41, 5.74) is 1.07. The minimum absolute atomic E-state index is 0.105. The van der Waals surface area contributed by atoms with E-state index in [-0.39, 0.29) is 28.5 Å². The van der Waals surface area contributed by atoms with Crippen LogP contribution in [0.4, 0.5) is 10.7 Å². The highest BCUT2D eigenvalue weighted by Crippen LogP contribution is 2.35. The van der Waals surface area contributed by atoms with Crippen molar-refractivity contribution >= 4 is 67.3 Å². The van der Waals surface area contributed by atoms with Crippen molar-refractivity contribution in [2.45, 2.75) is 20.8 Å². The molecule has 8 nitrogen and oxygen atoms in total. The maximum Gasteiger partial charge on any atom is 0.341 e. The van der Waals surface area contributed by atoms with Gasteiger partial charge < -0.3 is 10.1 Å². The first-order chi connectivity index (χ1) is 14.1. The van der Waals surface area contributed by atoms with Gasteiger partial charge in [-0.25, -0.2) is 4.79 Å². The van der Waals surface area contributed by atoms with Crippen molar-refractivity contribution in [3.8, 4) is 0 Å². The van der Waals surface area contributed by atoms with Crippen LogP contribution in [0.5, 0.6) is 0 Å². The Morgan fingerprint density at radius 2 is 1.93 bits per heavy atom. The Morgan fingerprint density at radius 1 is 1.23 bits per heavy atom. The number of esters is 1. The SMILES string of the molecule is CCOC(=O)c1c(NC(=O)CN2C(=O)C(=O)c3cc(Br)ccc32)sc(C(C)=O)c1C. The summed E-state index contributed by atoms with van der Waals surface area (Å²) < 4.78 is 5.68. The summed E-state index contributed by atoms with van der Waals surface area (Å²) in [4.78, 5) is 62.8. The zero-order valence-corrected chi connectivity index (χ0v) is 18.7. The molecule has 156 valence electrons. The lowest BCUT2D eigenvalue weighted by Crippen LogP contribution is -2.37. The molecular weight excluding hydrogens is 476 g/mol. The summed E-state index contributed by atoms with van der Waals surface area (Å²) in [7, 11) is 0. The first kappa shape index (κ1) is 21.8. The standard InChI is InChI=1S/C20H17BrN2O6S/c1-4-29-20(28)15-9(2)17(10(3)24)30-18(15)22-14(25)8-23-13-6-5-11(21)7-12(13)16(26)19(23)27/h5-7H,4,8H2,1-3H3,(H,22,25). The molecule has 0 radical (unpaired) electrons. The normalized spacial score (nSPS) is 12.7. The van der Waals surface area contributed by atoms with Crippen molar-refractivity contribution in [3.63, 3.8) is 0 Å². The van der Waals surface area contributed by atoms with Crippen molar-refractivity contribution in [1.82, 2.24) is 0 Å². The summed E-state index contributed by atoms with van der Waals surface area (Å²) in [6.45, 7) is 4.33. The second-order valence-corrected chi connectivity index (χ2v) is 8.40. The van der Waals surface area contributed by atoms with E-state index >= 15 is 0 Å². The molecule has 0 unspecified atom stereocenters. The van der Waals surface area contributed by atoms with Gasteiger partial charge in [-0.05, 0) is 44.5 Å². The molecule has 2 aromatic rings. The highest BCUT2D eigenvalue weighted by atomic mass is 79.9. The zero-order chi connectivity index (χ0) is 22.2. The molecule has 1 N–H and O–H groups in total. The van der Waals surface area contributed by atoms with Gasteiger partial charge in [0, 0.05) is 4.47 Å². The summed E-state index contributed by atoms with van der Waals surface area (Å²) >= 11 is 4.22. The van der Waals surface area contributed by atoms with Crippen LogP contribution in [0, 0.1) is 6.92 Å². The van der Waals surface area contributed by atoms with Crippen molar-refractivity contribution in [1.29, 1.82) is 0 Å². The van der Waals surface area contributed by atoms with E-state index in [2.05, 4.69) is 21.2 Å². The maximum absolute atomic E-state index is 12.7. The fourth-order valence-electron chi connectivity index (χ4n) is 3.13. The number of halogens is 1. The van der Waals surface area contributed by atoms with Gasteiger partial charge in [0.15, 0.2) is 5.78 Å². The van der Waals surface area contributed by atoms with E-state index in [1.807, 2.05) is 0 Å². The van der Waals surface area contributed by atoms with E-state index in [1.54, 1.807) is 26.0 Å². The number of Topliss-reactive ketones (excluding diaryl/α,β-unsaturated/α-hetero) is 2. The van der Waals surface area contributed by atoms with Crippen molar-refractivity contribution in [2.24, 2.45) is 0 Å². The third-order valence-electron chi connectivity index (χ3n) is 4.43. The first-order valence-corrected chi connectivity index (χ1v) is 10.5. The van der Waals surface area contributed by atoms with Crippen LogP contribution < -0.4 is 10.2 Å². The van der Waals surface area contributed by atoms with Crippen LogP contribution in [-0.4, -0.2) is 42.5 Å². The van der Waals surface area contributed by atoms with Crippen molar-refractivity contribution in [2.75, 3.05) is 23.4 Å². The first-order valence-electron chi connectivity index (χ1n) is 8.92. The van der Waals surface area contributed by atoms with E-state index in [1.165, 1.54) is 13.0 Å². The third kappa shape index (κ3) is 3.92. The van der Waals surface area contributed by atoms with Crippen LogP contribution in [0.1, 0.15) is 49.8 Å². The Hall–Kier alpha value is -2.85. The minimum atomic E-state index is -0.810. The van der Waals surface area contributed by atoms with Crippen LogP contribution in [0.3, 0.4) is 0 Å². The van der Waals surface area contributed by atoms with Gasteiger partial charge >= 0.3 is 5.97 Å². The van der Waals surface area contributed by atoms with Gasteiger partial charge in [0.25, 0.3) is 11.7 Å². The molecule has 1 aliphatic rings. The lowest BCUT2D eigenvalue weighted by molar-refractivity contribution is -0.118. The number of carbonyl (C=O) groups is 5. The third-order valence-corrected chi connectivity index (χ3v) is 6.24. The average Bonchev–Trinajstić information content (AvgIpc) is 3.11. The molecule has 0 bridgehead atoms. The Bertz CT molecular complexity index is 1110. The number of ketones is 2. The molecule has 0 aliphatic carbocycles. The lowest BCUT2D eigenvalue weighted by Gasteiger charge is -2.16. The number of hydrogen-bond donors (Lipinski definition) is 1. The molecule has 1 aromatic carbocycles. The van der Waals surface area contributed by atoms with Gasteiger partial charge in [-0.2, -0.15) is 0 Å². The highest BCUT2D eigenvalue weighted by molar-refractivity contribution is 9.10. The average molecular weight is 493 g/mol. The number of carbonyl (C=O) groups excluding carboxylic acids is 5. The quantitative estimate of drug-likeness (QED) is 0.376. The van der Waals surface area contributed by atoms with Gasteiger partial charge in [0.1, 0.15) is 11.5 Å². The Morgan fingerprint density at radius 3 is 2.57 bits per heavy atom. The smallest absolute Gasteiger partial charge is 0.341 e. The second-order valence-electron chi connectivity index (χ2n) is 6.47. The molecule has 10 heteroatoms. The number of hydrogen-bond acceptors (Lipinski definition) is 7. The predicted molar refractivity (Wildman–Crippen MR) is 114 cm³/mol. The molecule has 3 rings (SSSR count). The Kier molecular flexibility index (Phi) is 6.18. The van der Waals surface area contributed by atoms with Crippen LogP contribution >= 0.6 is 27.3 Å². The molecule has 2 amide bonds. The second kappa shape index (κ2) is 8.49. The number of benzene rings is 1. The van der Waals surface area contributed by atoms with Crippen LogP contribution in [-0.2, 0) is 14.3 Å². The summed E-state index contributed by atoms with van der Waals surface area (Å²) in [5, 5.41) is 2.74. The fraction of sp³-hybridized carbons (Fsp3) is 0.250. The van der Waals surface area contributed by atoms with Gasteiger partial charge in [-0.1, -0.05) is 15.9 Å². The van der Waals surface area contributed by atoms with Gasteiger partial charge in [0.2, 0.25) is 5.91 Å². The van der Waals surface area contributed by atoms with Crippen LogP contribution in [0.25, 0.3) is 0 Å². The van der Waals surface area contributed by atoms with E-state index in [0.717, 1.165) is 16.2 Å². The van der Waals surface area contributed by atoms with Crippen molar-refractivity contribution < 1.29 is 28.7 Å². The molecule has 0 spiro atoms. The number of ether oxygens (including phenoxy) is 1. The van der Waals surface area contributed by atoms with E-state index in [4.69, 9.17) is 4.74 Å². The molecule has 0 saturated heterocycles. The highest BCUT2D eigenvalue weighted by Gasteiger charge is 2.37. The van der Waals surface area contributed by atoms with E-state index < -0.39 is 30.1 Å². The van der Waals surface area contributed by atoms with Crippen LogP contribution in [0.2, 0.25) is 0 Å². The topological polar surface area (TPSA) is 110 Å². The maximum atomic E-state index is 12.7. The number of rotatable bonds is 6. The van der Waals surface area contributed by atoms with Gasteiger partial charge in [-0.3, -0.25) is 24.1 Å². The fourth-order valence-corrected chi connectivity index (χ4v) is 4.59. The van der Waals surface area contributed by atoms with E-state index in [0.29, 0.717) is 20.6 Å². The van der Waals surface area contributed by atoms with E-state index in [9.17, 15) is 24.0 Å². The monoisotopic (exact) mass is 492 g/mol. The van der Waals surface area contributed by atoms with Crippen LogP contribution in [0.15, 0.2) is 22.7 Å². The Balaban J connectivity index is 1.88. The number of amides is 2. The molecule has 0 saturated carbocycles. The Labute approximate surface area is 184 Å².